The van der Waals surface area contributed by atoms with Crippen LogP contribution < -0.4 is 10.5 Å². The van der Waals surface area contributed by atoms with Gasteiger partial charge in [0.05, 0.1) is 6.61 Å². The molecule has 2 heteroatoms. The quantitative estimate of drug-likeness (QED) is 0.786. The summed E-state index contributed by atoms with van der Waals surface area (Å²) in [6.07, 6.45) is 0. The summed E-state index contributed by atoms with van der Waals surface area (Å²) in [5.74, 6) is 1.34. The van der Waals surface area contributed by atoms with Gasteiger partial charge in [0.2, 0.25) is 0 Å². The maximum Gasteiger partial charge on any atom is 0.126 e. The topological polar surface area (TPSA) is 35.2 Å². The lowest BCUT2D eigenvalue weighted by atomic mass is 9.87. The molecule has 98 valence electrons. The Hall–Kier alpha value is -1.96. The molecule has 19 heavy (non-hydrogen) atoms. The van der Waals surface area contributed by atoms with Gasteiger partial charge >= 0.3 is 0 Å². The lowest BCUT2D eigenvalue weighted by molar-refractivity contribution is 0.341. The predicted molar refractivity (Wildman–Crippen MR) is 78.8 cm³/mol. The second-order valence-electron chi connectivity index (χ2n) is 5.31. The van der Waals surface area contributed by atoms with E-state index in [1.54, 1.807) is 0 Å². The highest BCUT2D eigenvalue weighted by molar-refractivity contribution is 5.68. The van der Waals surface area contributed by atoms with E-state index in [9.17, 15) is 0 Å². The highest BCUT2D eigenvalue weighted by Gasteiger charge is 2.30. The number of nitrogen functional groups attached to an aromatic ring is 1. The zero-order chi connectivity index (χ0) is 13.6. The molecule has 1 aliphatic heterocycles. The standard InChI is InChI=1S/C17H19NO/c1-10-11(2)17-15(12(3)16(10)18)14(9-19-17)13-7-5-4-6-8-13/h4-8,14H,9,18H2,1-3H3/t14-/m0/s1. The van der Waals surface area contributed by atoms with Gasteiger partial charge in [-0.3, -0.25) is 0 Å². The minimum absolute atomic E-state index is 0.304. The summed E-state index contributed by atoms with van der Waals surface area (Å²) in [6.45, 7) is 6.98. The van der Waals surface area contributed by atoms with Crippen molar-refractivity contribution in [3.63, 3.8) is 0 Å². The van der Waals surface area contributed by atoms with Crippen LogP contribution in [0.25, 0.3) is 0 Å². The molecule has 0 saturated heterocycles. The van der Waals surface area contributed by atoms with Gasteiger partial charge in [-0.25, -0.2) is 0 Å². The number of hydrogen-bond acceptors (Lipinski definition) is 2. The molecule has 0 fully saturated rings. The van der Waals surface area contributed by atoms with E-state index in [2.05, 4.69) is 45.0 Å². The molecule has 0 aliphatic carbocycles. The largest absolute Gasteiger partial charge is 0.492 e. The third-order valence-corrected chi connectivity index (χ3v) is 4.30. The van der Waals surface area contributed by atoms with Gasteiger partial charge in [-0.2, -0.15) is 0 Å². The summed E-state index contributed by atoms with van der Waals surface area (Å²) in [4.78, 5) is 0. The molecular formula is C17H19NO. The molecule has 0 spiro atoms. The molecule has 2 aromatic carbocycles. The van der Waals surface area contributed by atoms with Crippen molar-refractivity contribution in [3.05, 3.63) is 58.1 Å². The van der Waals surface area contributed by atoms with Crippen molar-refractivity contribution in [1.82, 2.24) is 0 Å². The minimum atomic E-state index is 0.304. The molecule has 0 aromatic heterocycles. The Morgan fingerprint density at radius 3 is 2.37 bits per heavy atom. The monoisotopic (exact) mass is 253 g/mol. The van der Waals surface area contributed by atoms with Crippen LogP contribution in [-0.2, 0) is 0 Å². The normalized spacial score (nSPS) is 17.1. The number of anilines is 1. The van der Waals surface area contributed by atoms with Crippen molar-refractivity contribution in [2.75, 3.05) is 12.3 Å². The smallest absolute Gasteiger partial charge is 0.126 e. The van der Waals surface area contributed by atoms with Gasteiger partial charge in [0, 0.05) is 17.2 Å². The minimum Gasteiger partial charge on any atom is -0.492 e. The maximum atomic E-state index is 6.24. The van der Waals surface area contributed by atoms with Crippen molar-refractivity contribution in [2.24, 2.45) is 0 Å². The molecule has 0 unspecified atom stereocenters. The van der Waals surface area contributed by atoms with Gasteiger partial charge in [-0.05, 0) is 43.0 Å². The summed E-state index contributed by atoms with van der Waals surface area (Å²) in [7, 11) is 0. The van der Waals surface area contributed by atoms with Crippen LogP contribution in [0, 0.1) is 20.8 Å². The number of hydrogen-bond donors (Lipinski definition) is 1. The van der Waals surface area contributed by atoms with Crippen LogP contribution >= 0.6 is 0 Å². The van der Waals surface area contributed by atoms with Gasteiger partial charge in [0.1, 0.15) is 5.75 Å². The van der Waals surface area contributed by atoms with Gasteiger partial charge in [0.15, 0.2) is 0 Å². The third kappa shape index (κ3) is 1.71. The predicted octanol–water partition coefficient (Wildman–Crippen LogP) is 3.72. The first-order valence-corrected chi connectivity index (χ1v) is 6.68. The molecule has 0 radical (unpaired) electrons. The molecular weight excluding hydrogens is 234 g/mol. The summed E-state index contributed by atoms with van der Waals surface area (Å²) < 4.78 is 5.96. The van der Waals surface area contributed by atoms with Gasteiger partial charge in [-0.15, -0.1) is 0 Å². The Morgan fingerprint density at radius 2 is 1.68 bits per heavy atom. The Kier molecular flexibility index (Phi) is 2.74. The Balaban J connectivity index is 2.21. The van der Waals surface area contributed by atoms with Crippen LogP contribution in [0.2, 0.25) is 0 Å². The van der Waals surface area contributed by atoms with E-state index in [0.29, 0.717) is 12.5 Å². The summed E-state index contributed by atoms with van der Waals surface area (Å²) >= 11 is 0. The molecule has 2 N–H and O–H groups in total. The lowest BCUT2D eigenvalue weighted by Crippen LogP contribution is -2.05. The molecule has 2 nitrogen and oxygen atoms in total. The van der Waals surface area contributed by atoms with E-state index >= 15 is 0 Å². The van der Waals surface area contributed by atoms with Crippen molar-refractivity contribution < 1.29 is 4.74 Å². The number of ether oxygens (including phenoxy) is 1. The summed E-state index contributed by atoms with van der Waals surface area (Å²) in [5.41, 5.74) is 13.2. The molecule has 0 bridgehead atoms. The van der Waals surface area contributed by atoms with E-state index in [-0.39, 0.29) is 0 Å². The van der Waals surface area contributed by atoms with Crippen LogP contribution in [0.3, 0.4) is 0 Å². The Morgan fingerprint density at radius 1 is 1.00 bits per heavy atom. The molecule has 1 aliphatic rings. The molecule has 0 saturated carbocycles. The molecule has 3 rings (SSSR count). The zero-order valence-corrected chi connectivity index (χ0v) is 11.7. The number of nitrogens with two attached hydrogens (primary N) is 1. The van der Waals surface area contributed by atoms with Gasteiger partial charge in [-0.1, -0.05) is 30.3 Å². The fourth-order valence-electron chi connectivity index (χ4n) is 2.97. The SMILES string of the molecule is Cc1c(C)c2c(c(C)c1N)[C@H](c1ccccc1)CO2. The van der Waals surface area contributed by atoms with E-state index in [0.717, 1.165) is 17.0 Å². The van der Waals surface area contributed by atoms with Crippen molar-refractivity contribution >= 4 is 5.69 Å². The number of fused-ring (bicyclic) bond motifs is 1. The van der Waals surface area contributed by atoms with Crippen LogP contribution in [-0.4, -0.2) is 6.61 Å². The van der Waals surface area contributed by atoms with Crippen LogP contribution in [0.1, 0.15) is 33.7 Å². The lowest BCUT2D eigenvalue weighted by Gasteiger charge is -2.17. The molecule has 1 heterocycles. The second-order valence-corrected chi connectivity index (χ2v) is 5.31. The van der Waals surface area contributed by atoms with E-state index < -0.39 is 0 Å². The highest BCUT2D eigenvalue weighted by Crippen LogP contribution is 2.45. The van der Waals surface area contributed by atoms with Crippen molar-refractivity contribution in [3.8, 4) is 5.75 Å². The maximum absolute atomic E-state index is 6.24. The highest BCUT2D eigenvalue weighted by atomic mass is 16.5. The Bertz CT molecular complexity index is 632. The average molecular weight is 253 g/mol. The van der Waals surface area contributed by atoms with E-state index in [1.807, 2.05) is 6.07 Å². The first kappa shape index (κ1) is 12.1. The summed E-state index contributed by atoms with van der Waals surface area (Å²) in [5, 5.41) is 0. The average Bonchev–Trinajstić information content (AvgIpc) is 2.88. The fourth-order valence-corrected chi connectivity index (χ4v) is 2.97. The van der Waals surface area contributed by atoms with E-state index in [4.69, 9.17) is 10.5 Å². The molecule has 0 amide bonds. The number of benzene rings is 2. The zero-order valence-electron chi connectivity index (χ0n) is 11.7. The first-order valence-electron chi connectivity index (χ1n) is 6.68. The van der Waals surface area contributed by atoms with Gasteiger partial charge < -0.3 is 10.5 Å². The third-order valence-electron chi connectivity index (χ3n) is 4.30. The van der Waals surface area contributed by atoms with Crippen LogP contribution in [0.4, 0.5) is 5.69 Å². The second kappa shape index (κ2) is 4.30. The van der Waals surface area contributed by atoms with E-state index in [1.165, 1.54) is 22.3 Å². The van der Waals surface area contributed by atoms with Gasteiger partial charge in [0.25, 0.3) is 0 Å². The fraction of sp³-hybridized carbons (Fsp3) is 0.294. The molecule has 1 atom stereocenters. The Labute approximate surface area is 114 Å². The first-order chi connectivity index (χ1) is 9.11. The molecule has 2 aromatic rings. The van der Waals surface area contributed by atoms with Crippen LogP contribution in [0.5, 0.6) is 5.75 Å². The van der Waals surface area contributed by atoms with Crippen molar-refractivity contribution in [1.29, 1.82) is 0 Å². The van der Waals surface area contributed by atoms with Crippen molar-refractivity contribution in [2.45, 2.75) is 26.7 Å². The summed E-state index contributed by atoms with van der Waals surface area (Å²) in [6, 6.07) is 10.5. The van der Waals surface area contributed by atoms with Crippen LogP contribution in [0.15, 0.2) is 30.3 Å². The number of rotatable bonds is 1.